The van der Waals surface area contributed by atoms with Crippen molar-refractivity contribution in [2.45, 2.75) is 0 Å². The largest absolute Gasteiger partial charge is 0.465 e. The predicted molar refractivity (Wildman–Crippen MR) is 105 cm³/mol. The number of carbonyl (C=O) groups excluding carboxylic acids is 2. The lowest BCUT2D eigenvalue weighted by atomic mass is 10.1. The Morgan fingerprint density at radius 1 is 0.923 bits per heavy atom. The van der Waals surface area contributed by atoms with E-state index in [1.54, 1.807) is 12.1 Å². The highest BCUT2D eigenvalue weighted by Crippen LogP contribution is 2.34. The van der Waals surface area contributed by atoms with Gasteiger partial charge in [-0.2, -0.15) is 0 Å². The summed E-state index contributed by atoms with van der Waals surface area (Å²) in [6.07, 6.45) is 0. The highest BCUT2D eigenvalue weighted by Gasteiger charge is 2.24. The van der Waals surface area contributed by atoms with E-state index < -0.39 is 19.8 Å². The highest BCUT2D eigenvalue weighted by atomic mass is 31.1. The summed E-state index contributed by atoms with van der Waals surface area (Å²) in [5.74, 6) is -0.981. The SMILES string of the molecule is [2H]NC(=O)c1ccc(C(=O)OC)c(P(c2ccccc2)c2ccccc2)c1. The van der Waals surface area contributed by atoms with Crippen LogP contribution in [-0.4, -0.2) is 19.0 Å². The van der Waals surface area contributed by atoms with E-state index in [9.17, 15) is 9.59 Å². The molecule has 0 aromatic heterocycles. The number of methoxy groups -OCH3 is 1. The second kappa shape index (κ2) is 7.94. The van der Waals surface area contributed by atoms with Crippen molar-refractivity contribution in [2.75, 3.05) is 7.11 Å². The first-order valence-electron chi connectivity index (χ1n) is 8.50. The number of carbonyl (C=O) groups is 2. The van der Waals surface area contributed by atoms with Gasteiger partial charge in [-0.15, -0.1) is 0 Å². The van der Waals surface area contributed by atoms with Gasteiger partial charge >= 0.3 is 5.97 Å². The van der Waals surface area contributed by atoms with Crippen LogP contribution in [-0.2, 0) is 4.74 Å². The van der Waals surface area contributed by atoms with Crippen molar-refractivity contribution in [1.82, 2.24) is 0 Å². The number of nitrogens with two attached hydrogens (primary N) is 1. The van der Waals surface area contributed by atoms with E-state index in [0.29, 0.717) is 11.1 Å². The lowest BCUT2D eigenvalue weighted by Gasteiger charge is -2.22. The number of hydrogen-bond donors (Lipinski definition) is 1. The van der Waals surface area contributed by atoms with Gasteiger partial charge in [-0.05, 0) is 36.7 Å². The van der Waals surface area contributed by atoms with Crippen LogP contribution in [0.2, 0.25) is 1.41 Å². The van der Waals surface area contributed by atoms with Gasteiger partial charge in [-0.25, -0.2) is 4.79 Å². The molecular weight excluding hydrogens is 345 g/mol. The molecule has 0 aliphatic heterocycles. The van der Waals surface area contributed by atoms with Gasteiger partial charge in [0.05, 0.1) is 12.7 Å². The number of amides is 1. The molecule has 0 aliphatic rings. The molecule has 0 aliphatic carbocycles. The quantitative estimate of drug-likeness (QED) is 0.558. The summed E-state index contributed by atoms with van der Waals surface area (Å²) < 4.78 is 12.1. The van der Waals surface area contributed by atoms with Crippen molar-refractivity contribution in [1.29, 1.82) is 0 Å². The van der Waals surface area contributed by atoms with Gasteiger partial charge in [-0.3, -0.25) is 4.79 Å². The van der Waals surface area contributed by atoms with Crippen LogP contribution in [0.15, 0.2) is 78.9 Å². The number of esters is 1. The Labute approximate surface area is 154 Å². The zero-order valence-corrected chi connectivity index (χ0v) is 15.1. The van der Waals surface area contributed by atoms with Gasteiger partial charge in [0.2, 0.25) is 5.91 Å². The summed E-state index contributed by atoms with van der Waals surface area (Å²) in [5.41, 5.74) is 2.63. The summed E-state index contributed by atoms with van der Waals surface area (Å²) in [5, 5.41) is 2.81. The molecule has 0 bridgehead atoms. The van der Waals surface area contributed by atoms with Crippen molar-refractivity contribution in [2.24, 2.45) is 5.73 Å². The normalized spacial score (nSPS) is 10.9. The van der Waals surface area contributed by atoms with Gasteiger partial charge < -0.3 is 10.5 Å². The number of ether oxygens (including phenoxy) is 1. The second-order valence-corrected chi connectivity index (χ2v) is 7.74. The van der Waals surface area contributed by atoms with E-state index in [0.717, 1.165) is 15.9 Å². The number of rotatable bonds is 5. The lowest BCUT2D eigenvalue weighted by Crippen LogP contribution is -2.27. The molecular formula is C21H18NO3P. The molecule has 130 valence electrons. The topological polar surface area (TPSA) is 69.4 Å². The van der Waals surface area contributed by atoms with Crippen molar-refractivity contribution >= 4 is 35.7 Å². The fourth-order valence-electron chi connectivity index (χ4n) is 2.72. The van der Waals surface area contributed by atoms with E-state index in [1.807, 2.05) is 66.4 Å². The third-order valence-electron chi connectivity index (χ3n) is 3.93. The van der Waals surface area contributed by atoms with Crippen LogP contribution in [0.4, 0.5) is 0 Å². The first-order chi connectivity index (χ1) is 13.2. The van der Waals surface area contributed by atoms with Crippen molar-refractivity contribution in [3.63, 3.8) is 0 Å². The number of benzene rings is 3. The minimum Gasteiger partial charge on any atom is -0.465 e. The molecule has 4 nitrogen and oxygen atoms in total. The highest BCUT2D eigenvalue weighted by molar-refractivity contribution is 7.80. The Morgan fingerprint density at radius 3 is 2.00 bits per heavy atom. The third-order valence-corrected chi connectivity index (χ3v) is 6.42. The Morgan fingerprint density at radius 2 is 1.50 bits per heavy atom. The Hall–Kier alpha value is -2.97. The van der Waals surface area contributed by atoms with Crippen molar-refractivity contribution in [3.05, 3.63) is 90.0 Å². The third kappa shape index (κ3) is 3.66. The van der Waals surface area contributed by atoms with Gasteiger partial charge in [-0.1, -0.05) is 60.7 Å². The maximum atomic E-state index is 12.4. The molecule has 0 saturated carbocycles. The minimum absolute atomic E-state index is 0.326. The lowest BCUT2D eigenvalue weighted by molar-refractivity contribution is 0.0602. The van der Waals surface area contributed by atoms with E-state index in [1.165, 1.54) is 13.2 Å². The van der Waals surface area contributed by atoms with Crippen LogP contribution in [0.25, 0.3) is 0 Å². The zero-order valence-electron chi connectivity index (χ0n) is 15.2. The minimum atomic E-state index is -1.09. The molecule has 5 heteroatoms. The molecule has 0 unspecified atom stereocenters. The number of primary amides is 1. The van der Waals surface area contributed by atoms with Crippen LogP contribution in [0.5, 0.6) is 0 Å². The van der Waals surface area contributed by atoms with Crippen molar-refractivity contribution in [3.8, 4) is 0 Å². The fraction of sp³-hybridized carbons (Fsp3) is 0.0476. The van der Waals surface area contributed by atoms with Crippen molar-refractivity contribution < 1.29 is 15.7 Å². The predicted octanol–water partition coefficient (Wildman–Crippen LogP) is 2.33. The Kier molecular flexibility index (Phi) is 5.04. The molecule has 1 amide bonds. The van der Waals surface area contributed by atoms with Crippen LogP contribution in [0, 0.1) is 0 Å². The van der Waals surface area contributed by atoms with Gasteiger partial charge in [0.15, 0.2) is 1.41 Å². The number of hydrogen-bond acceptors (Lipinski definition) is 3. The van der Waals surface area contributed by atoms with E-state index >= 15 is 0 Å². The molecule has 0 saturated heterocycles. The smallest absolute Gasteiger partial charge is 0.338 e. The maximum Gasteiger partial charge on any atom is 0.338 e. The molecule has 2 N–H and O–H groups in total. The fourth-order valence-corrected chi connectivity index (χ4v) is 5.19. The average molecular weight is 364 g/mol. The summed E-state index contributed by atoms with van der Waals surface area (Å²) >= 11 is 0. The first-order valence-corrected chi connectivity index (χ1v) is 9.34. The maximum absolute atomic E-state index is 12.4. The molecule has 3 aromatic carbocycles. The zero-order chi connectivity index (χ0) is 19.2. The van der Waals surface area contributed by atoms with Gasteiger partial charge in [0.25, 0.3) is 0 Å². The van der Waals surface area contributed by atoms with Crippen LogP contribution in [0.1, 0.15) is 20.7 Å². The standard InChI is InChI=1S/C21H18NO3P/c1-25-21(24)18-13-12-15(20(22)23)14-19(18)26(16-8-4-2-5-9-16)17-10-6-3-7-11-17/h2-14H,1H3,(H2,22,23)/i/hD. The molecule has 0 heterocycles. The monoisotopic (exact) mass is 364 g/mol. The first kappa shape index (κ1) is 16.5. The Balaban J connectivity index is 2.27. The molecule has 3 aromatic rings. The van der Waals surface area contributed by atoms with E-state index in [4.69, 9.17) is 6.15 Å². The van der Waals surface area contributed by atoms with E-state index in [2.05, 4.69) is 0 Å². The average Bonchev–Trinajstić information content (AvgIpc) is 2.74. The molecule has 0 fully saturated rings. The molecule has 3 rings (SSSR count). The van der Waals surface area contributed by atoms with Gasteiger partial charge in [0.1, 0.15) is 0 Å². The van der Waals surface area contributed by atoms with Gasteiger partial charge in [0, 0.05) is 10.9 Å². The summed E-state index contributed by atoms with van der Waals surface area (Å²) in [4.78, 5) is 24.4. The van der Waals surface area contributed by atoms with Crippen LogP contribution >= 0.6 is 7.92 Å². The van der Waals surface area contributed by atoms with Crippen LogP contribution in [0.3, 0.4) is 0 Å². The Bertz CT molecular complexity index is 909. The second-order valence-electron chi connectivity index (χ2n) is 5.56. The van der Waals surface area contributed by atoms with E-state index in [-0.39, 0.29) is 0 Å². The molecule has 0 radical (unpaired) electrons. The molecule has 0 atom stereocenters. The molecule has 26 heavy (non-hydrogen) atoms. The summed E-state index contributed by atoms with van der Waals surface area (Å²) in [7, 11) is 0.244. The summed E-state index contributed by atoms with van der Waals surface area (Å²) in [6, 6.07) is 24.5. The summed E-state index contributed by atoms with van der Waals surface area (Å²) in [6.45, 7) is 0. The molecule has 0 spiro atoms. The van der Waals surface area contributed by atoms with Crippen LogP contribution < -0.4 is 21.6 Å².